The Morgan fingerprint density at radius 3 is 1.91 bits per heavy atom. The largest absolute Gasteiger partial charge is 0.354 e. The van der Waals surface area contributed by atoms with Gasteiger partial charge < -0.3 is 10.2 Å². The second kappa shape index (κ2) is 15.3. The molecular formula is C36H41N3O4S. The van der Waals surface area contributed by atoms with Crippen LogP contribution in [0.5, 0.6) is 0 Å². The number of anilines is 1. The van der Waals surface area contributed by atoms with Gasteiger partial charge in [-0.3, -0.25) is 13.9 Å². The van der Waals surface area contributed by atoms with Gasteiger partial charge in [-0.1, -0.05) is 109 Å². The van der Waals surface area contributed by atoms with E-state index in [-0.39, 0.29) is 23.8 Å². The Morgan fingerprint density at radius 2 is 1.32 bits per heavy atom. The molecule has 1 atom stereocenters. The first-order valence-electron chi connectivity index (χ1n) is 15.0. The predicted octanol–water partition coefficient (Wildman–Crippen LogP) is 6.06. The highest BCUT2D eigenvalue weighted by molar-refractivity contribution is 7.92. The van der Waals surface area contributed by atoms with Crippen LogP contribution in [0.2, 0.25) is 0 Å². The number of nitrogens with zero attached hydrogens (tertiary/aromatic N) is 2. The first-order chi connectivity index (χ1) is 21.2. The molecule has 0 aliphatic rings. The monoisotopic (exact) mass is 611 g/mol. The van der Waals surface area contributed by atoms with E-state index in [0.717, 1.165) is 39.4 Å². The Labute approximate surface area is 261 Å². The quantitative estimate of drug-likeness (QED) is 0.176. The van der Waals surface area contributed by atoms with E-state index in [4.69, 9.17) is 0 Å². The fourth-order valence-electron chi connectivity index (χ4n) is 4.91. The van der Waals surface area contributed by atoms with Crippen LogP contribution in [-0.2, 0) is 32.6 Å². The van der Waals surface area contributed by atoms with E-state index in [1.54, 1.807) is 30.3 Å². The summed E-state index contributed by atoms with van der Waals surface area (Å²) in [5.41, 5.74) is 4.15. The molecule has 44 heavy (non-hydrogen) atoms. The van der Waals surface area contributed by atoms with Crippen molar-refractivity contribution in [2.75, 3.05) is 17.4 Å². The lowest BCUT2D eigenvalue weighted by Gasteiger charge is -2.34. The zero-order chi connectivity index (χ0) is 31.5. The number of carbonyl (C=O) groups excluding carboxylic acids is 2. The number of nitrogens with one attached hydrogen (secondary N) is 1. The molecule has 0 saturated carbocycles. The number of rotatable bonds is 14. The molecule has 4 rings (SSSR count). The fraction of sp³-hybridized carbons (Fsp3) is 0.278. The molecule has 0 aliphatic carbocycles. The minimum atomic E-state index is -4.11. The summed E-state index contributed by atoms with van der Waals surface area (Å²) in [6, 6.07) is 31.6. The maximum atomic E-state index is 14.4. The van der Waals surface area contributed by atoms with Crippen LogP contribution in [0.15, 0.2) is 114 Å². The van der Waals surface area contributed by atoms with E-state index in [0.29, 0.717) is 12.2 Å². The maximum Gasteiger partial charge on any atom is 0.264 e. The molecular weight excluding hydrogens is 570 g/mol. The van der Waals surface area contributed by atoms with Crippen LogP contribution in [0.3, 0.4) is 0 Å². The van der Waals surface area contributed by atoms with Gasteiger partial charge in [-0.25, -0.2) is 8.42 Å². The van der Waals surface area contributed by atoms with E-state index in [2.05, 4.69) is 5.32 Å². The normalized spacial score (nSPS) is 11.9. The first kappa shape index (κ1) is 32.5. The summed E-state index contributed by atoms with van der Waals surface area (Å²) in [4.78, 5) is 29.8. The average Bonchev–Trinajstić information content (AvgIpc) is 3.03. The van der Waals surface area contributed by atoms with E-state index in [1.807, 2.05) is 87.5 Å². The number of aryl methyl sites for hydroxylation is 2. The van der Waals surface area contributed by atoms with Crippen LogP contribution in [0.25, 0.3) is 0 Å². The van der Waals surface area contributed by atoms with Crippen LogP contribution in [0.1, 0.15) is 42.0 Å². The number of benzene rings is 4. The molecule has 230 valence electrons. The van der Waals surface area contributed by atoms with E-state index < -0.39 is 28.5 Å². The van der Waals surface area contributed by atoms with Crippen LogP contribution in [0.4, 0.5) is 5.69 Å². The zero-order valence-electron chi connectivity index (χ0n) is 25.6. The average molecular weight is 612 g/mol. The standard InChI is InChI=1S/C36H41N3O4S/c1-4-5-24-37-36(41)34(25-30-12-8-6-9-13-30)38(26-31-20-16-28(2)17-21-31)35(40)27-39(32-22-18-29(3)19-23-32)44(42,43)33-14-10-7-11-15-33/h6-23,34H,4-5,24-27H2,1-3H3,(H,37,41)/t34-/m0/s1. The first-order valence-corrected chi connectivity index (χ1v) is 16.4. The molecule has 4 aromatic carbocycles. The highest BCUT2D eigenvalue weighted by atomic mass is 32.2. The van der Waals surface area contributed by atoms with Crippen molar-refractivity contribution in [1.29, 1.82) is 0 Å². The van der Waals surface area contributed by atoms with Gasteiger partial charge in [-0.15, -0.1) is 0 Å². The highest BCUT2D eigenvalue weighted by Crippen LogP contribution is 2.25. The van der Waals surface area contributed by atoms with Gasteiger partial charge in [-0.2, -0.15) is 0 Å². The highest BCUT2D eigenvalue weighted by Gasteiger charge is 2.34. The number of unbranched alkanes of at least 4 members (excludes halogenated alkanes) is 1. The smallest absolute Gasteiger partial charge is 0.264 e. The minimum Gasteiger partial charge on any atom is -0.354 e. The van der Waals surface area contributed by atoms with Crippen molar-refractivity contribution in [3.8, 4) is 0 Å². The maximum absolute atomic E-state index is 14.4. The van der Waals surface area contributed by atoms with Crippen LogP contribution < -0.4 is 9.62 Å². The van der Waals surface area contributed by atoms with Gasteiger partial charge in [0.1, 0.15) is 12.6 Å². The molecule has 2 amide bonds. The third kappa shape index (κ3) is 8.57. The van der Waals surface area contributed by atoms with Crippen LogP contribution in [-0.4, -0.2) is 44.3 Å². The lowest BCUT2D eigenvalue weighted by Crippen LogP contribution is -2.53. The molecule has 0 saturated heterocycles. The second-order valence-corrected chi connectivity index (χ2v) is 12.9. The predicted molar refractivity (Wildman–Crippen MR) is 176 cm³/mol. The van der Waals surface area contributed by atoms with E-state index in [1.165, 1.54) is 17.0 Å². The molecule has 7 nitrogen and oxygen atoms in total. The summed E-state index contributed by atoms with van der Waals surface area (Å²) in [6.45, 7) is 6.11. The molecule has 0 aliphatic heterocycles. The molecule has 4 aromatic rings. The van der Waals surface area contributed by atoms with Crippen molar-refractivity contribution in [3.05, 3.63) is 131 Å². The Morgan fingerprint density at radius 1 is 0.750 bits per heavy atom. The van der Waals surface area contributed by atoms with E-state index >= 15 is 0 Å². The molecule has 1 N–H and O–H groups in total. The van der Waals surface area contributed by atoms with Crippen LogP contribution >= 0.6 is 0 Å². The molecule has 0 heterocycles. The molecule has 0 radical (unpaired) electrons. The van der Waals surface area contributed by atoms with Gasteiger partial charge in [0, 0.05) is 19.5 Å². The number of sulfonamides is 1. The molecule has 0 unspecified atom stereocenters. The van der Waals surface area contributed by atoms with Crippen molar-refractivity contribution in [2.45, 2.75) is 57.5 Å². The minimum absolute atomic E-state index is 0.0802. The van der Waals surface area contributed by atoms with Crippen molar-refractivity contribution in [3.63, 3.8) is 0 Å². The second-order valence-electron chi connectivity index (χ2n) is 11.0. The van der Waals surface area contributed by atoms with Gasteiger partial charge in [0.05, 0.1) is 10.6 Å². The summed E-state index contributed by atoms with van der Waals surface area (Å²) >= 11 is 0. The van der Waals surface area contributed by atoms with Crippen molar-refractivity contribution >= 4 is 27.5 Å². The Bertz CT molecular complexity index is 1610. The molecule has 0 spiro atoms. The number of carbonyl (C=O) groups is 2. The summed E-state index contributed by atoms with van der Waals surface area (Å²) in [5.74, 6) is -0.743. The molecule has 0 aromatic heterocycles. The Kier molecular flexibility index (Phi) is 11.3. The fourth-order valence-corrected chi connectivity index (χ4v) is 6.34. The van der Waals surface area contributed by atoms with Crippen molar-refractivity contribution in [2.24, 2.45) is 0 Å². The lowest BCUT2D eigenvalue weighted by atomic mass is 10.0. The van der Waals surface area contributed by atoms with Crippen molar-refractivity contribution in [1.82, 2.24) is 10.2 Å². The summed E-state index contributed by atoms with van der Waals surface area (Å²) in [6.07, 6.45) is 2.01. The van der Waals surface area contributed by atoms with Gasteiger partial charge in [0.15, 0.2) is 0 Å². The topological polar surface area (TPSA) is 86.8 Å². The van der Waals surface area contributed by atoms with Gasteiger partial charge >= 0.3 is 0 Å². The Hall–Kier alpha value is -4.43. The third-order valence-corrected chi connectivity index (χ3v) is 9.29. The zero-order valence-corrected chi connectivity index (χ0v) is 26.5. The molecule has 8 heteroatoms. The number of hydrogen-bond acceptors (Lipinski definition) is 4. The van der Waals surface area contributed by atoms with Crippen LogP contribution in [0, 0.1) is 13.8 Å². The summed E-state index contributed by atoms with van der Waals surface area (Å²) in [5, 5.41) is 3.02. The van der Waals surface area contributed by atoms with E-state index in [9.17, 15) is 18.0 Å². The van der Waals surface area contributed by atoms with Gasteiger partial charge in [0.2, 0.25) is 11.8 Å². The Balaban J connectivity index is 1.77. The molecule has 0 fully saturated rings. The lowest BCUT2D eigenvalue weighted by molar-refractivity contribution is -0.140. The SMILES string of the molecule is CCCCNC(=O)[C@H](Cc1ccccc1)N(Cc1ccc(C)cc1)C(=O)CN(c1ccc(C)cc1)S(=O)(=O)c1ccccc1. The number of hydrogen-bond donors (Lipinski definition) is 1. The summed E-state index contributed by atoms with van der Waals surface area (Å²) < 4.78 is 29.2. The summed E-state index contributed by atoms with van der Waals surface area (Å²) in [7, 11) is -4.11. The third-order valence-electron chi connectivity index (χ3n) is 7.51. The molecule has 0 bridgehead atoms. The van der Waals surface area contributed by atoms with Crippen molar-refractivity contribution < 1.29 is 18.0 Å². The van der Waals surface area contributed by atoms with Gasteiger partial charge in [-0.05, 0) is 55.7 Å². The van der Waals surface area contributed by atoms with Gasteiger partial charge in [0.25, 0.3) is 10.0 Å². The number of amides is 2.